The Bertz CT molecular complexity index is 634. The number of rotatable bonds is 3. The van der Waals surface area contributed by atoms with Crippen LogP contribution in [0, 0.1) is 5.92 Å². The maximum atomic E-state index is 12.6. The van der Waals surface area contributed by atoms with Crippen molar-refractivity contribution in [3.63, 3.8) is 0 Å². The molecule has 1 aromatic carbocycles. The van der Waals surface area contributed by atoms with E-state index in [9.17, 15) is 18.0 Å². The van der Waals surface area contributed by atoms with Crippen molar-refractivity contribution in [3.05, 3.63) is 35.4 Å². The summed E-state index contributed by atoms with van der Waals surface area (Å²) in [5.41, 5.74) is 0.189. The largest absolute Gasteiger partial charge is 0.416 e. The van der Waals surface area contributed by atoms with Crippen molar-refractivity contribution >= 4 is 29.1 Å². The molecule has 1 saturated carbocycles. The third-order valence-electron chi connectivity index (χ3n) is 4.71. The first-order chi connectivity index (χ1) is 11.7. The van der Waals surface area contributed by atoms with Crippen LogP contribution in [0.15, 0.2) is 24.3 Å². The highest BCUT2D eigenvalue weighted by Gasteiger charge is 2.57. The summed E-state index contributed by atoms with van der Waals surface area (Å²) in [7, 11) is 0. The van der Waals surface area contributed by atoms with Crippen LogP contribution in [-0.4, -0.2) is 46.2 Å². The molecule has 1 atom stereocenters. The van der Waals surface area contributed by atoms with Crippen molar-refractivity contribution in [2.75, 3.05) is 26.2 Å². The van der Waals surface area contributed by atoms with Gasteiger partial charge in [0.2, 0.25) is 5.91 Å². The number of benzene rings is 1. The Morgan fingerprint density at radius 3 is 2.32 bits per heavy atom. The number of nitrogens with zero attached hydrogens (tertiary/aromatic N) is 2. The molecular formula is C17H19Cl2F3N2O. The second kappa shape index (κ2) is 6.97. The molecule has 1 aliphatic heterocycles. The van der Waals surface area contributed by atoms with E-state index in [1.54, 1.807) is 4.90 Å². The Kier molecular flexibility index (Phi) is 5.24. The van der Waals surface area contributed by atoms with Crippen molar-refractivity contribution in [3.8, 4) is 0 Å². The van der Waals surface area contributed by atoms with Gasteiger partial charge in [-0.15, -0.1) is 23.2 Å². The van der Waals surface area contributed by atoms with Gasteiger partial charge in [0.25, 0.3) is 0 Å². The molecule has 0 bridgehead atoms. The van der Waals surface area contributed by atoms with Crippen molar-refractivity contribution < 1.29 is 18.0 Å². The number of halogens is 5. The van der Waals surface area contributed by atoms with E-state index in [0.29, 0.717) is 32.6 Å². The zero-order valence-electron chi connectivity index (χ0n) is 13.5. The molecule has 0 radical (unpaired) electrons. The molecule has 0 spiro atoms. The minimum Gasteiger partial charge on any atom is -0.341 e. The predicted octanol–water partition coefficient (Wildman–Crippen LogP) is 3.93. The molecule has 1 aliphatic carbocycles. The SMILES string of the molecule is O=C(C1CC1(Cl)Cl)N1CCCN(Cc2ccc(C(F)(F)F)cc2)CC1. The summed E-state index contributed by atoms with van der Waals surface area (Å²) in [4.78, 5) is 16.3. The molecule has 0 aromatic heterocycles. The Hall–Kier alpha value is -0.980. The average Bonchev–Trinajstić information content (AvgIpc) is 3.23. The van der Waals surface area contributed by atoms with Gasteiger partial charge < -0.3 is 4.90 Å². The maximum Gasteiger partial charge on any atom is 0.416 e. The topological polar surface area (TPSA) is 23.6 Å². The molecule has 2 fully saturated rings. The fraction of sp³-hybridized carbons (Fsp3) is 0.588. The number of hydrogen-bond donors (Lipinski definition) is 0. The normalized spacial score (nSPS) is 24.0. The lowest BCUT2D eigenvalue weighted by molar-refractivity contribution is -0.137. The van der Waals surface area contributed by atoms with Crippen molar-refractivity contribution in [1.29, 1.82) is 0 Å². The van der Waals surface area contributed by atoms with Gasteiger partial charge in [-0.3, -0.25) is 9.69 Å². The minimum atomic E-state index is -4.31. The number of carbonyl (C=O) groups excluding carboxylic acids is 1. The Balaban J connectivity index is 1.54. The average molecular weight is 395 g/mol. The fourth-order valence-electron chi connectivity index (χ4n) is 3.11. The number of amides is 1. The standard InChI is InChI=1S/C17H19Cl2F3N2O/c18-16(19)10-14(16)15(25)24-7-1-6-23(8-9-24)11-12-2-4-13(5-3-12)17(20,21)22/h2-5,14H,1,6-11H2. The van der Waals surface area contributed by atoms with Crippen LogP contribution in [-0.2, 0) is 17.5 Å². The quantitative estimate of drug-likeness (QED) is 0.725. The Morgan fingerprint density at radius 1 is 1.12 bits per heavy atom. The van der Waals surface area contributed by atoms with E-state index in [1.807, 2.05) is 0 Å². The zero-order valence-corrected chi connectivity index (χ0v) is 15.0. The molecule has 0 N–H and O–H groups in total. The summed E-state index contributed by atoms with van der Waals surface area (Å²) in [6, 6.07) is 5.24. The molecule has 1 aromatic rings. The van der Waals surface area contributed by atoms with E-state index in [2.05, 4.69) is 4.90 Å². The molecule has 2 aliphatic rings. The van der Waals surface area contributed by atoms with E-state index >= 15 is 0 Å². The summed E-state index contributed by atoms with van der Waals surface area (Å²) in [5, 5.41) is 0. The third-order valence-corrected chi connectivity index (χ3v) is 5.55. The molecule has 8 heteroatoms. The van der Waals surface area contributed by atoms with Crippen molar-refractivity contribution in [1.82, 2.24) is 9.80 Å². The molecule has 138 valence electrons. The minimum absolute atomic E-state index is 0.00128. The second-order valence-corrected chi connectivity index (χ2v) is 8.21. The van der Waals surface area contributed by atoms with E-state index in [-0.39, 0.29) is 11.8 Å². The zero-order chi connectivity index (χ0) is 18.2. The van der Waals surface area contributed by atoms with Crippen molar-refractivity contribution in [2.24, 2.45) is 5.92 Å². The van der Waals surface area contributed by atoms with E-state index < -0.39 is 16.1 Å². The van der Waals surface area contributed by atoms with Gasteiger partial charge in [0, 0.05) is 32.7 Å². The molecule has 25 heavy (non-hydrogen) atoms. The van der Waals surface area contributed by atoms with Crippen molar-refractivity contribution in [2.45, 2.75) is 29.9 Å². The lowest BCUT2D eigenvalue weighted by Crippen LogP contribution is -2.36. The molecule has 1 saturated heterocycles. The molecule has 3 rings (SSSR count). The van der Waals surface area contributed by atoms with Gasteiger partial charge in [0.15, 0.2) is 0 Å². The van der Waals surface area contributed by atoms with E-state index in [4.69, 9.17) is 23.2 Å². The predicted molar refractivity (Wildman–Crippen MR) is 90.5 cm³/mol. The van der Waals surface area contributed by atoms with Crippen LogP contribution in [0.2, 0.25) is 0 Å². The van der Waals surface area contributed by atoms with Gasteiger partial charge in [-0.2, -0.15) is 13.2 Å². The first kappa shape index (κ1) is 18.8. The summed E-state index contributed by atoms with van der Waals surface area (Å²) in [6.07, 6.45) is -3.00. The first-order valence-corrected chi connectivity index (χ1v) is 8.97. The molecule has 1 amide bonds. The van der Waals surface area contributed by atoms with E-state index in [1.165, 1.54) is 12.1 Å². The third kappa shape index (κ3) is 4.60. The van der Waals surface area contributed by atoms with Crippen LogP contribution in [0.4, 0.5) is 13.2 Å². The van der Waals surface area contributed by atoms with Gasteiger partial charge in [0.1, 0.15) is 4.33 Å². The number of carbonyl (C=O) groups is 1. The lowest BCUT2D eigenvalue weighted by Gasteiger charge is -2.22. The van der Waals surface area contributed by atoms with Crippen LogP contribution < -0.4 is 0 Å². The molecular weight excluding hydrogens is 376 g/mol. The molecule has 1 unspecified atom stereocenters. The van der Waals surface area contributed by atoms with Crippen LogP contribution in [0.3, 0.4) is 0 Å². The van der Waals surface area contributed by atoms with Gasteiger partial charge in [0.05, 0.1) is 11.5 Å². The number of alkyl halides is 5. The van der Waals surface area contributed by atoms with Crippen LogP contribution in [0.1, 0.15) is 24.0 Å². The molecule has 3 nitrogen and oxygen atoms in total. The second-order valence-electron chi connectivity index (χ2n) is 6.67. The molecule has 1 heterocycles. The summed E-state index contributed by atoms with van der Waals surface area (Å²) in [5.74, 6) is -0.307. The Morgan fingerprint density at radius 2 is 1.76 bits per heavy atom. The Labute approximate surface area is 154 Å². The lowest BCUT2D eigenvalue weighted by atomic mass is 10.1. The van der Waals surface area contributed by atoms with E-state index in [0.717, 1.165) is 30.7 Å². The number of hydrogen-bond acceptors (Lipinski definition) is 2. The highest BCUT2D eigenvalue weighted by atomic mass is 35.5. The van der Waals surface area contributed by atoms with Gasteiger partial charge in [-0.25, -0.2) is 0 Å². The van der Waals surface area contributed by atoms with Gasteiger partial charge in [-0.05, 0) is 30.5 Å². The summed E-state index contributed by atoms with van der Waals surface area (Å²) < 4.78 is 36.9. The van der Waals surface area contributed by atoms with Gasteiger partial charge in [-0.1, -0.05) is 12.1 Å². The highest BCUT2D eigenvalue weighted by Crippen LogP contribution is 2.53. The monoisotopic (exact) mass is 394 g/mol. The van der Waals surface area contributed by atoms with Crippen LogP contribution in [0.25, 0.3) is 0 Å². The highest BCUT2D eigenvalue weighted by molar-refractivity contribution is 6.52. The van der Waals surface area contributed by atoms with Crippen LogP contribution >= 0.6 is 23.2 Å². The maximum absolute atomic E-state index is 12.6. The first-order valence-electron chi connectivity index (χ1n) is 8.22. The fourth-order valence-corrected chi connectivity index (χ4v) is 3.60. The summed E-state index contributed by atoms with van der Waals surface area (Å²) >= 11 is 11.9. The summed E-state index contributed by atoms with van der Waals surface area (Å²) in [6.45, 7) is 3.28. The van der Waals surface area contributed by atoms with Gasteiger partial charge >= 0.3 is 6.18 Å². The van der Waals surface area contributed by atoms with Crippen LogP contribution in [0.5, 0.6) is 0 Å². The smallest absolute Gasteiger partial charge is 0.341 e.